The zero-order chi connectivity index (χ0) is 21.8. The molecule has 0 bridgehead atoms. The smallest absolute Gasteiger partial charge is 0.243 e. The number of ether oxygens (including phenoxy) is 3. The van der Waals surface area contributed by atoms with Gasteiger partial charge in [-0.05, 0) is 31.2 Å². The molecule has 4 rings (SSSR count). The number of hydrogen-bond donors (Lipinski definition) is 1. The third-order valence-corrected chi connectivity index (χ3v) is 5.10. The predicted molar refractivity (Wildman–Crippen MR) is 115 cm³/mol. The number of carbonyl (C=O) groups excluding carboxylic acids is 2. The Balaban J connectivity index is 1.39. The maximum atomic E-state index is 12.8. The summed E-state index contributed by atoms with van der Waals surface area (Å²) in [5.41, 5.74) is 2.02. The Morgan fingerprint density at radius 3 is 2.68 bits per heavy atom. The van der Waals surface area contributed by atoms with Gasteiger partial charge in [-0.2, -0.15) is 0 Å². The van der Waals surface area contributed by atoms with Crippen molar-refractivity contribution >= 4 is 28.5 Å². The Morgan fingerprint density at radius 2 is 1.90 bits per heavy atom. The number of nitrogens with zero attached hydrogens (tertiary/aromatic N) is 1. The molecule has 0 aliphatic carbocycles. The predicted octanol–water partition coefficient (Wildman–Crippen LogP) is 3.24. The van der Waals surface area contributed by atoms with Crippen molar-refractivity contribution in [2.45, 2.75) is 13.3 Å². The van der Waals surface area contributed by atoms with Crippen molar-refractivity contribution in [2.75, 3.05) is 38.7 Å². The fourth-order valence-electron chi connectivity index (χ4n) is 3.47. The topological polar surface area (TPSA) is 90.2 Å². The number of anilines is 1. The number of benzene rings is 2. The van der Waals surface area contributed by atoms with Crippen LogP contribution >= 0.6 is 0 Å². The molecule has 8 nitrogen and oxygen atoms in total. The van der Waals surface area contributed by atoms with Gasteiger partial charge >= 0.3 is 0 Å². The Morgan fingerprint density at radius 1 is 1.10 bits per heavy atom. The van der Waals surface area contributed by atoms with Crippen LogP contribution in [0.4, 0.5) is 5.69 Å². The van der Waals surface area contributed by atoms with E-state index in [-0.39, 0.29) is 24.8 Å². The van der Waals surface area contributed by atoms with Gasteiger partial charge in [0.2, 0.25) is 11.8 Å². The summed E-state index contributed by atoms with van der Waals surface area (Å²) in [4.78, 5) is 26.9. The molecular formula is C23H24N2O6. The molecule has 0 saturated heterocycles. The number of furan rings is 1. The van der Waals surface area contributed by atoms with E-state index in [2.05, 4.69) is 5.32 Å². The lowest BCUT2D eigenvalue weighted by Crippen LogP contribution is -2.38. The molecule has 2 aromatic carbocycles. The maximum Gasteiger partial charge on any atom is 0.243 e. The van der Waals surface area contributed by atoms with Crippen molar-refractivity contribution in [3.8, 4) is 17.2 Å². The Kier molecular flexibility index (Phi) is 5.97. The quantitative estimate of drug-likeness (QED) is 0.626. The van der Waals surface area contributed by atoms with Crippen molar-refractivity contribution < 1.29 is 28.2 Å². The van der Waals surface area contributed by atoms with E-state index in [0.717, 1.165) is 10.9 Å². The molecule has 2 heterocycles. The summed E-state index contributed by atoms with van der Waals surface area (Å²) >= 11 is 0. The molecule has 0 radical (unpaired) electrons. The van der Waals surface area contributed by atoms with E-state index in [1.807, 2.05) is 19.1 Å². The summed E-state index contributed by atoms with van der Waals surface area (Å²) in [6, 6.07) is 10.7. The number of amides is 2. The minimum atomic E-state index is -0.284. The highest BCUT2D eigenvalue weighted by atomic mass is 16.6. The summed E-state index contributed by atoms with van der Waals surface area (Å²) in [6.07, 6.45) is 1.72. The van der Waals surface area contributed by atoms with Gasteiger partial charge in [0.05, 0.1) is 26.3 Å². The van der Waals surface area contributed by atoms with Gasteiger partial charge in [0.1, 0.15) is 24.5 Å². The highest BCUT2D eigenvalue weighted by Crippen LogP contribution is 2.32. The fourth-order valence-corrected chi connectivity index (χ4v) is 3.47. The van der Waals surface area contributed by atoms with E-state index in [4.69, 9.17) is 18.6 Å². The van der Waals surface area contributed by atoms with Crippen LogP contribution in [0, 0.1) is 0 Å². The van der Waals surface area contributed by atoms with E-state index >= 15 is 0 Å². The highest BCUT2D eigenvalue weighted by Gasteiger charge is 2.19. The lowest BCUT2D eigenvalue weighted by molar-refractivity contribution is -0.133. The number of methoxy groups -OCH3 is 1. The van der Waals surface area contributed by atoms with Gasteiger partial charge in [-0.3, -0.25) is 9.59 Å². The Hall–Kier alpha value is -3.68. The van der Waals surface area contributed by atoms with E-state index in [0.29, 0.717) is 48.3 Å². The van der Waals surface area contributed by atoms with Crippen LogP contribution in [0.3, 0.4) is 0 Å². The standard InChI is InChI=1S/C23H24N2O6/c1-3-25(13-22(26)24-16-4-7-19-21(11-16)30-9-8-29-19)23(27)10-15-14-31-20-12-17(28-2)5-6-18(15)20/h4-7,11-12,14H,3,8-10,13H2,1-2H3,(H,24,26). The third kappa shape index (κ3) is 4.58. The average Bonchev–Trinajstić information content (AvgIpc) is 3.19. The largest absolute Gasteiger partial charge is 0.497 e. The SMILES string of the molecule is CCN(CC(=O)Nc1ccc2c(c1)OCCO2)C(=O)Cc1coc2cc(OC)ccc12. The second kappa shape index (κ2) is 8.99. The third-order valence-electron chi connectivity index (χ3n) is 5.10. The number of nitrogens with one attached hydrogen (secondary N) is 1. The van der Waals surface area contributed by atoms with Crippen LogP contribution in [-0.2, 0) is 16.0 Å². The van der Waals surface area contributed by atoms with Crippen LogP contribution in [0.2, 0.25) is 0 Å². The van der Waals surface area contributed by atoms with Crippen molar-refractivity contribution in [3.05, 3.63) is 48.2 Å². The molecule has 31 heavy (non-hydrogen) atoms. The number of carbonyl (C=O) groups is 2. The zero-order valence-corrected chi connectivity index (χ0v) is 17.5. The average molecular weight is 424 g/mol. The molecule has 8 heteroatoms. The van der Waals surface area contributed by atoms with Crippen molar-refractivity contribution in [1.29, 1.82) is 0 Å². The van der Waals surface area contributed by atoms with Gasteiger partial charge in [-0.25, -0.2) is 0 Å². The van der Waals surface area contributed by atoms with Crippen LogP contribution in [0.25, 0.3) is 11.0 Å². The lowest BCUT2D eigenvalue weighted by atomic mass is 10.1. The van der Waals surface area contributed by atoms with Crippen LogP contribution in [-0.4, -0.2) is 50.1 Å². The second-order valence-corrected chi connectivity index (χ2v) is 7.11. The molecule has 1 N–H and O–H groups in total. The molecule has 1 aliphatic rings. The number of hydrogen-bond acceptors (Lipinski definition) is 6. The van der Waals surface area contributed by atoms with Crippen LogP contribution < -0.4 is 19.5 Å². The molecule has 0 unspecified atom stereocenters. The second-order valence-electron chi connectivity index (χ2n) is 7.11. The van der Waals surface area contributed by atoms with Crippen LogP contribution in [0.1, 0.15) is 12.5 Å². The summed E-state index contributed by atoms with van der Waals surface area (Å²) in [5, 5.41) is 3.66. The van der Waals surface area contributed by atoms with Crippen molar-refractivity contribution in [2.24, 2.45) is 0 Å². The molecule has 2 amide bonds. The Labute approximate surface area is 179 Å². The summed E-state index contributed by atoms with van der Waals surface area (Å²) < 4.78 is 21.8. The lowest BCUT2D eigenvalue weighted by Gasteiger charge is -2.21. The molecule has 0 fully saturated rings. The van der Waals surface area contributed by atoms with Crippen LogP contribution in [0.5, 0.6) is 17.2 Å². The first-order valence-electron chi connectivity index (χ1n) is 10.1. The highest BCUT2D eigenvalue weighted by molar-refractivity contribution is 5.95. The van der Waals surface area contributed by atoms with Gasteiger partial charge in [0.15, 0.2) is 11.5 Å². The Bertz CT molecular complexity index is 1110. The first-order valence-corrected chi connectivity index (χ1v) is 10.1. The van der Waals surface area contributed by atoms with Gasteiger partial charge in [0, 0.05) is 35.3 Å². The van der Waals surface area contributed by atoms with E-state index in [1.54, 1.807) is 37.6 Å². The minimum Gasteiger partial charge on any atom is -0.497 e. The van der Waals surface area contributed by atoms with Gasteiger partial charge in [0.25, 0.3) is 0 Å². The molecule has 0 saturated carbocycles. The molecule has 0 atom stereocenters. The molecule has 3 aromatic rings. The molecule has 162 valence electrons. The summed E-state index contributed by atoms with van der Waals surface area (Å²) in [7, 11) is 1.59. The fraction of sp³-hybridized carbons (Fsp3) is 0.304. The van der Waals surface area contributed by atoms with Crippen molar-refractivity contribution in [1.82, 2.24) is 4.90 Å². The first-order chi connectivity index (χ1) is 15.1. The summed E-state index contributed by atoms with van der Waals surface area (Å²) in [5.74, 6) is 1.49. The normalized spacial score (nSPS) is 12.5. The number of likely N-dealkylation sites (N-methyl/N-ethyl adjacent to an activating group) is 1. The minimum absolute atomic E-state index is 0.0482. The molecular weight excluding hydrogens is 400 g/mol. The van der Waals surface area contributed by atoms with Gasteiger partial charge in [-0.1, -0.05) is 0 Å². The monoisotopic (exact) mass is 424 g/mol. The van der Waals surface area contributed by atoms with E-state index in [1.165, 1.54) is 4.90 Å². The molecule has 0 spiro atoms. The van der Waals surface area contributed by atoms with Crippen molar-refractivity contribution in [3.63, 3.8) is 0 Å². The molecule has 1 aromatic heterocycles. The molecule has 1 aliphatic heterocycles. The first kappa shape index (κ1) is 20.6. The van der Waals surface area contributed by atoms with E-state index in [9.17, 15) is 9.59 Å². The van der Waals surface area contributed by atoms with Crippen LogP contribution in [0.15, 0.2) is 47.1 Å². The number of rotatable bonds is 7. The maximum absolute atomic E-state index is 12.8. The number of fused-ring (bicyclic) bond motifs is 2. The zero-order valence-electron chi connectivity index (χ0n) is 17.5. The summed E-state index contributed by atoms with van der Waals surface area (Å²) in [6.45, 7) is 3.18. The van der Waals surface area contributed by atoms with E-state index < -0.39 is 0 Å². The van der Waals surface area contributed by atoms with Gasteiger partial charge < -0.3 is 28.8 Å². The van der Waals surface area contributed by atoms with Gasteiger partial charge in [-0.15, -0.1) is 0 Å².